The summed E-state index contributed by atoms with van der Waals surface area (Å²) in [7, 11) is 3.22. The number of hydrogen-bond acceptors (Lipinski definition) is 5. The van der Waals surface area contributed by atoms with Crippen LogP contribution < -0.4 is 10.1 Å². The van der Waals surface area contributed by atoms with E-state index in [9.17, 15) is 14.4 Å². The molecule has 0 saturated carbocycles. The van der Waals surface area contributed by atoms with Crippen LogP contribution in [0, 0.1) is 0 Å². The highest BCUT2D eigenvalue weighted by Crippen LogP contribution is 2.19. The van der Waals surface area contributed by atoms with Crippen LogP contribution >= 0.6 is 0 Å². The second-order valence-corrected chi connectivity index (χ2v) is 5.39. The second-order valence-electron chi connectivity index (χ2n) is 5.39. The van der Waals surface area contributed by atoms with Gasteiger partial charge in [-0.3, -0.25) is 24.2 Å². The van der Waals surface area contributed by atoms with E-state index in [1.165, 1.54) is 4.90 Å². The number of rotatable bonds is 6. The molecule has 0 aliphatic carbocycles. The number of hydrogen-bond donors (Lipinski definition) is 1. The molecule has 1 aromatic rings. The van der Waals surface area contributed by atoms with Crippen molar-refractivity contribution in [2.24, 2.45) is 0 Å². The summed E-state index contributed by atoms with van der Waals surface area (Å²) >= 11 is 0. The van der Waals surface area contributed by atoms with Crippen LogP contribution in [0.25, 0.3) is 0 Å². The maximum absolute atomic E-state index is 12.1. The smallest absolute Gasteiger partial charge is 0.247 e. The maximum atomic E-state index is 12.1. The molecule has 0 unspecified atom stereocenters. The van der Waals surface area contributed by atoms with Gasteiger partial charge in [0, 0.05) is 18.3 Å². The van der Waals surface area contributed by atoms with Crippen molar-refractivity contribution in [2.45, 2.75) is 19.4 Å². The number of benzene rings is 1. The lowest BCUT2D eigenvalue weighted by molar-refractivity contribution is -0.139. The lowest BCUT2D eigenvalue weighted by Gasteiger charge is -2.22. The standard InChI is InChI=1S/C16H21N3O4/c1-4-19-15(21)9-13(16(19)22)18(2)10-14(20)17-11-6-5-7-12(8-11)23-3/h5-8,13H,4,9-10H2,1-3H3,(H,17,20)/t13-/m1/s1. The van der Waals surface area contributed by atoms with E-state index in [0.717, 1.165) is 0 Å². The zero-order chi connectivity index (χ0) is 17.0. The first-order chi connectivity index (χ1) is 11.0. The van der Waals surface area contributed by atoms with Crippen LogP contribution in [-0.2, 0) is 14.4 Å². The molecule has 1 fully saturated rings. The minimum atomic E-state index is -0.571. The van der Waals surface area contributed by atoms with Gasteiger partial charge in [-0.2, -0.15) is 0 Å². The largest absolute Gasteiger partial charge is 0.497 e. The first kappa shape index (κ1) is 17.0. The van der Waals surface area contributed by atoms with Crippen LogP contribution in [0.2, 0.25) is 0 Å². The number of likely N-dealkylation sites (N-methyl/N-ethyl adjacent to an activating group) is 2. The topological polar surface area (TPSA) is 79.0 Å². The summed E-state index contributed by atoms with van der Waals surface area (Å²) in [5.41, 5.74) is 0.617. The Bertz CT molecular complexity index is 617. The van der Waals surface area contributed by atoms with Crippen molar-refractivity contribution < 1.29 is 19.1 Å². The molecule has 1 heterocycles. The van der Waals surface area contributed by atoms with Crippen molar-refractivity contribution in [3.05, 3.63) is 24.3 Å². The second kappa shape index (κ2) is 7.23. The molecule has 0 spiro atoms. The van der Waals surface area contributed by atoms with E-state index in [1.54, 1.807) is 50.2 Å². The maximum Gasteiger partial charge on any atom is 0.247 e. The molecule has 0 aromatic heterocycles. The van der Waals surface area contributed by atoms with Gasteiger partial charge in [0.2, 0.25) is 17.7 Å². The summed E-state index contributed by atoms with van der Waals surface area (Å²) in [4.78, 5) is 38.8. The number of nitrogens with zero attached hydrogens (tertiary/aromatic N) is 2. The number of imide groups is 1. The molecule has 0 bridgehead atoms. The van der Waals surface area contributed by atoms with Crippen LogP contribution in [0.5, 0.6) is 5.75 Å². The molecule has 1 aliphatic heterocycles. The molecular formula is C16H21N3O4. The monoisotopic (exact) mass is 319 g/mol. The third-order valence-corrected chi connectivity index (χ3v) is 3.81. The molecule has 1 N–H and O–H groups in total. The van der Waals surface area contributed by atoms with Gasteiger partial charge in [0.1, 0.15) is 5.75 Å². The molecule has 0 radical (unpaired) electrons. The molecule has 1 atom stereocenters. The fraction of sp³-hybridized carbons (Fsp3) is 0.438. The summed E-state index contributed by atoms with van der Waals surface area (Å²) in [5, 5.41) is 2.75. The Morgan fingerprint density at radius 3 is 2.78 bits per heavy atom. The van der Waals surface area contributed by atoms with Crippen LogP contribution in [0.4, 0.5) is 5.69 Å². The normalized spacial score (nSPS) is 17.7. The average molecular weight is 319 g/mol. The van der Waals surface area contributed by atoms with E-state index >= 15 is 0 Å². The summed E-state index contributed by atoms with van der Waals surface area (Å²) in [5.74, 6) is -0.0426. The van der Waals surface area contributed by atoms with E-state index in [4.69, 9.17) is 4.74 Å². The van der Waals surface area contributed by atoms with Crippen molar-refractivity contribution in [1.29, 1.82) is 0 Å². The zero-order valence-corrected chi connectivity index (χ0v) is 13.5. The van der Waals surface area contributed by atoms with E-state index in [2.05, 4.69) is 5.32 Å². The number of likely N-dealkylation sites (tertiary alicyclic amines) is 1. The van der Waals surface area contributed by atoms with Gasteiger partial charge in [-0.15, -0.1) is 0 Å². The SMILES string of the molecule is CCN1C(=O)C[C@@H](N(C)CC(=O)Nc2cccc(OC)c2)C1=O. The van der Waals surface area contributed by atoms with Crippen molar-refractivity contribution in [3.8, 4) is 5.75 Å². The van der Waals surface area contributed by atoms with E-state index in [1.807, 2.05) is 0 Å². The Balaban J connectivity index is 1.94. The van der Waals surface area contributed by atoms with Crippen LogP contribution in [0.3, 0.4) is 0 Å². The fourth-order valence-corrected chi connectivity index (χ4v) is 2.58. The highest BCUT2D eigenvalue weighted by atomic mass is 16.5. The Morgan fingerprint density at radius 1 is 1.43 bits per heavy atom. The Labute approximate surface area is 135 Å². The molecule has 1 saturated heterocycles. The molecule has 23 heavy (non-hydrogen) atoms. The number of anilines is 1. The van der Waals surface area contributed by atoms with Crippen molar-refractivity contribution in [1.82, 2.24) is 9.80 Å². The van der Waals surface area contributed by atoms with E-state index < -0.39 is 6.04 Å². The third kappa shape index (κ3) is 3.87. The highest BCUT2D eigenvalue weighted by Gasteiger charge is 2.40. The van der Waals surface area contributed by atoms with E-state index in [0.29, 0.717) is 18.0 Å². The third-order valence-electron chi connectivity index (χ3n) is 3.81. The van der Waals surface area contributed by atoms with Gasteiger partial charge in [0.05, 0.1) is 26.1 Å². The average Bonchev–Trinajstić information content (AvgIpc) is 2.81. The molecule has 7 nitrogen and oxygen atoms in total. The van der Waals surface area contributed by atoms with Gasteiger partial charge in [0.15, 0.2) is 0 Å². The Morgan fingerprint density at radius 2 is 2.17 bits per heavy atom. The predicted molar refractivity (Wildman–Crippen MR) is 85.1 cm³/mol. The van der Waals surface area contributed by atoms with E-state index in [-0.39, 0.29) is 30.7 Å². The molecular weight excluding hydrogens is 298 g/mol. The first-order valence-corrected chi connectivity index (χ1v) is 7.44. The van der Waals surface area contributed by atoms with Gasteiger partial charge >= 0.3 is 0 Å². The highest BCUT2D eigenvalue weighted by molar-refractivity contribution is 6.05. The van der Waals surface area contributed by atoms with Gasteiger partial charge in [-0.25, -0.2) is 0 Å². The van der Waals surface area contributed by atoms with Crippen LogP contribution in [0.1, 0.15) is 13.3 Å². The van der Waals surface area contributed by atoms with Gasteiger partial charge in [-0.1, -0.05) is 6.07 Å². The van der Waals surface area contributed by atoms with Gasteiger partial charge < -0.3 is 10.1 Å². The summed E-state index contributed by atoms with van der Waals surface area (Å²) < 4.78 is 5.10. The molecule has 124 valence electrons. The quantitative estimate of drug-likeness (QED) is 0.781. The molecule has 1 aromatic carbocycles. The molecule has 3 amide bonds. The minimum absolute atomic E-state index is 0.0262. The zero-order valence-electron chi connectivity index (χ0n) is 13.5. The molecule has 7 heteroatoms. The van der Waals surface area contributed by atoms with Crippen molar-refractivity contribution in [2.75, 3.05) is 32.6 Å². The lowest BCUT2D eigenvalue weighted by atomic mass is 10.2. The number of carbonyl (C=O) groups excluding carboxylic acids is 3. The number of nitrogens with one attached hydrogen (secondary N) is 1. The van der Waals surface area contributed by atoms with Crippen LogP contribution in [-0.4, -0.2) is 60.8 Å². The number of carbonyl (C=O) groups is 3. The number of amides is 3. The van der Waals surface area contributed by atoms with Gasteiger partial charge in [0.25, 0.3) is 0 Å². The number of methoxy groups -OCH3 is 1. The summed E-state index contributed by atoms with van der Waals surface area (Å²) in [6, 6.07) is 6.45. The van der Waals surface area contributed by atoms with Crippen molar-refractivity contribution in [3.63, 3.8) is 0 Å². The van der Waals surface area contributed by atoms with Crippen LogP contribution in [0.15, 0.2) is 24.3 Å². The van der Waals surface area contributed by atoms with Gasteiger partial charge in [-0.05, 0) is 26.1 Å². The lowest BCUT2D eigenvalue weighted by Crippen LogP contribution is -2.43. The fourth-order valence-electron chi connectivity index (χ4n) is 2.58. The first-order valence-electron chi connectivity index (χ1n) is 7.44. The molecule has 1 aliphatic rings. The molecule has 2 rings (SSSR count). The number of ether oxygens (including phenoxy) is 1. The van der Waals surface area contributed by atoms with Crippen molar-refractivity contribution >= 4 is 23.4 Å². The Kier molecular flexibility index (Phi) is 5.33. The summed E-state index contributed by atoms with van der Waals surface area (Å²) in [6.45, 7) is 2.14. The predicted octanol–water partition coefficient (Wildman–Crippen LogP) is 0.713. The minimum Gasteiger partial charge on any atom is -0.497 e. The summed E-state index contributed by atoms with van der Waals surface area (Å²) in [6.07, 6.45) is 0.121. The Hall–Kier alpha value is -2.41.